The van der Waals surface area contributed by atoms with Crippen molar-refractivity contribution in [1.82, 2.24) is 19.4 Å². The van der Waals surface area contributed by atoms with Crippen LogP contribution < -0.4 is 5.32 Å². The second kappa shape index (κ2) is 14.4. The minimum Gasteiger partial charge on any atom is -0.338 e. The third-order valence-corrected chi connectivity index (χ3v) is 12.2. The minimum atomic E-state index is -3.73. The van der Waals surface area contributed by atoms with Crippen molar-refractivity contribution < 1.29 is 13.2 Å². The van der Waals surface area contributed by atoms with Gasteiger partial charge < -0.3 is 10.2 Å². The molecule has 41 heavy (non-hydrogen) atoms. The predicted octanol–water partition coefficient (Wildman–Crippen LogP) is 6.66. The van der Waals surface area contributed by atoms with Crippen molar-refractivity contribution in [1.29, 1.82) is 0 Å². The van der Waals surface area contributed by atoms with Crippen molar-refractivity contribution >= 4 is 39.3 Å². The lowest BCUT2D eigenvalue weighted by molar-refractivity contribution is -0.00981. The number of rotatable bonds is 14. The van der Waals surface area contributed by atoms with Crippen molar-refractivity contribution in [3.63, 3.8) is 0 Å². The van der Waals surface area contributed by atoms with Crippen LogP contribution in [0.15, 0.2) is 34.7 Å². The van der Waals surface area contributed by atoms with E-state index in [-0.39, 0.29) is 15.9 Å². The van der Waals surface area contributed by atoms with Gasteiger partial charge in [0.1, 0.15) is 4.90 Å². The van der Waals surface area contributed by atoms with E-state index in [1.54, 1.807) is 6.07 Å². The highest BCUT2D eigenvalue weighted by atomic mass is 35.5. The first-order valence-corrected chi connectivity index (χ1v) is 17.6. The SMILES string of the molecule is CCCCCCCCNC(=O)N(CCN1CCN(S(=O)(=O)c2cc(Cl)ccc2Cl)CC1)CC1=CCC2CC1C2(C)C. The number of amides is 2. The molecule has 0 spiro atoms. The van der Waals surface area contributed by atoms with Gasteiger partial charge >= 0.3 is 6.03 Å². The number of sulfonamides is 1. The molecule has 1 N–H and O–H groups in total. The van der Waals surface area contributed by atoms with Crippen molar-refractivity contribution in [3.8, 4) is 0 Å². The molecule has 3 aliphatic carbocycles. The zero-order valence-electron chi connectivity index (χ0n) is 25.0. The molecule has 10 heteroatoms. The number of halogens is 2. The van der Waals surface area contributed by atoms with Crippen LogP contribution >= 0.6 is 23.2 Å². The zero-order valence-corrected chi connectivity index (χ0v) is 27.3. The quantitative estimate of drug-likeness (QED) is 0.185. The summed E-state index contributed by atoms with van der Waals surface area (Å²) in [4.78, 5) is 17.6. The molecule has 230 valence electrons. The molecule has 4 aliphatic rings. The van der Waals surface area contributed by atoms with Crippen LogP contribution in [0.5, 0.6) is 0 Å². The van der Waals surface area contributed by atoms with Gasteiger partial charge in [0.05, 0.1) is 5.02 Å². The van der Waals surface area contributed by atoms with Crippen molar-refractivity contribution in [2.24, 2.45) is 17.3 Å². The largest absolute Gasteiger partial charge is 0.338 e. The van der Waals surface area contributed by atoms with Crippen molar-refractivity contribution in [2.75, 3.05) is 52.4 Å². The molecule has 1 aromatic rings. The second-order valence-electron chi connectivity index (χ2n) is 12.6. The van der Waals surface area contributed by atoms with Crippen molar-refractivity contribution in [2.45, 2.75) is 77.0 Å². The molecular formula is C31H48Cl2N4O3S. The van der Waals surface area contributed by atoms with E-state index in [2.05, 4.69) is 37.1 Å². The number of unbranched alkanes of at least 4 members (excludes halogenated alkanes) is 5. The summed E-state index contributed by atoms with van der Waals surface area (Å²) < 4.78 is 27.9. The molecule has 0 aromatic heterocycles. The molecule has 0 radical (unpaired) electrons. The monoisotopic (exact) mass is 626 g/mol. The highest BCUT2D eigenvalue weighted by Crippen LogP contribution is 2.59. The maximum absolute atomic E-state index is 13.4. The van der Waals surface area contributed by atoms with Crippen LogP contribution in [-0.4, -0.2) is 80.9 Å². The molecule has 1 aromatic carbocycles. The highest BCUT2D eigenvalue weighted by Gasteiger charge is 2.51. The summed E-state index contributed by atoms with van der Waals surface area (Å²) in [5.74, 6) is 1.32. The second-order valence-corrected chi connectivity index (χ2v) is 15.3. The van der Waals surface area contributed by atoms with Crippen LogP contribution in [0, 0.1) is 17.3 Å². The summed E-state index contributed by atoms with van der Waals surface area (Å²) in [6.45, 7) is 11.6. The standard InChI is InChI=1S/C31H48Cl2N4O3S/c1-4-5-6-7-8-9-14-34-30(38)36(23-24-10-11-25-21-27(24)31(25,2)3)18-15-35-16-19-37(20-17-35)41(39,40)29-22-26(32)12-13-28(29)33/h10,12-13,22,25,27H,4-9,11,14-21,23H2,1-3H3,(H,34,38). The number of benzene rings is 1. The first-order chi connectivity index (χ1) is 19.5. The fourth-order valence-electron chi connectivity index (χ4n) is 6.61. The Morgan fingerprint density at radius 3 is 2.46 bits per heavy atom. The Hall–Kier alpha value is -1.32. The lowest BCUT2D eigenvalue weighted by Gasteiger charge is -2.57. The molecule has 1 aliphatic heterocycles. The summed E-state index contributed by atoms with van der Waals surface area (Å²) >= 11 is 12.3. The third-order valence-electron chi connectivity index (χ3n) is 9.58. The molecule has 2 bridgehead atoms. The lowest BCUT2D eigenvalue weighted by atomic mass is 9.49. The molecule has 1 saturated heterocycles. The van der Waals surface area contributed by atoms with E-state index in [4.69, 9.17) is 23.2 Å². The van der Waals surface area contributed by atoms with Crippen LogP contribution in [0.2, 0.25) is 10.0 Å². The summed E-state index contributed by atoms with van der Waals surface area (Å²) in [6.07, 6.45) is 11.9. The number of urea groups is 1. The molecule has 2 unspecified atom stereocenters. The van der Waals surface area contributed by atoms with E-state index < -0.39 is 10.0 Å². The first kappa shape index (κ1) is 32.6. The molecule has 2 amide bonds. The molecule has 1 saturated carbocycles. The van der Waals surface area contributed by atoms with Gasteiger partial charge in [-0.25, -0.2) is 13.2 Å². The number of fused-ring (bicyclic) bond motifs is 1. The van der Waals surface area contributed by atoms with E-state index in [1.165, 1.54) is 54.1 Å². The number of carbonyl (C=O) groups is 1. The van der Waals surface area contributed by atoms with Crippen LogP contribution in [0.3, 0.4) is 0 Å². The minimum absolute atomic E-state index is 0.00974. The van der Waals surface area contributed by atoms with E-state index in [0.717, 1.165) is 25.2 Å². The maximum atomic E-state index is 13.4. The molecule has 2 fully saturated rings. The average Bonchev–Trinajstić information content (AvgIpc) is 2.96. The van der Waals surface area contributed by atoms with Gasteiger partial charge in [0.2, 0.25) is 10.0 Å². The Bertz CT molecular complexity index is 1180. The Labute approximate surface area is 257 Å². The number of allylic oxidation sites excluding steroid dienone is 1. The topological polar surface area (TPSA) is 73.0 Å². The molecule has 1 heterocycles. The number of nitrogens with one attached hydrogen (secondary N) is 1. The maximum Gasteiger partial charge on any atom is 0.317 e. The van der Waals surface area contributed by atoms with Gasteiger partial charge in [-0.2, -0.15) is 4.31 Å². The average molecular weight is 628 g/mol. The van der Waals surface area contributed by atoms with Gasteiger partial charge in [-0.3, -0.25) is 4.90 Å². The fourth-order valence-corrected chi connectivity index (χ4v) is 8.77. The Kier molecular flexibility index (Phi) is 11.5. The Morgan fingerprint density at radius 1 is 1.07 bits per heavy atom. The van der Waals surface area contributed by atoms with Gasteiger partial charge in [0.25, 0.3) is 0 Å². The number of piperazine rings is 1. The van der Waals surface area contributed by atoms with E-state index in [0.29, 0.717) is 68.7 Å². The van der Waals surface area contributed by atoms with Gasteiger partial charge in [-0.1, -0.05) is 87.7 Å². The van der Waals surface area contributed by atoms with Crippen LogP contribution in [0.25, 0.3) is 0 Å². The summed E-state index contributed by atoms with van der Waals surface area (Å²) in [6, 6.07) is 4.53. The summed E-state index contributed by atoms with van der Waals surface area (Å²) in [5, 5.41) is 3.71. The van der Waals surface area contributed by atoms with Gasteiger partial charge in [-0.15, -0.1) is 0 Å². The first-order valence-electron chi connectivity index (χ1n) is 15.4. The Morgan fingerprint density at radius 2 is 1.78 bits per heavy atom. The summed E-state index contributed by atoms with van der Waals surface area (Å²) in [5.41, 5.74) is 1.72. The van der Waals surface area contributed by atoms with Crippen molar-refractivity contribution in [3.05, 3.63) is 39.9 Å². The molecule has 5 rings (SSSR count). The van der Waals surface area contributed by atoms with Gasteiger partial charge in [0, 0.05) is 57.4 Å². The van der Waals surface area contributed by atoms with Gasteiger partial charge in [-0.05, 0) is 54.7 Å². The van der Waals surface area contributed by atoms with Crippen LogP contribution in [0.1, 0.15) is 72.1 Å². The lowest BCUT2D eigenvalue weighted by Crippen LogP contribution is -2.53. The molecule has 2 atom stereocenters. The third kappa shape index (κ3) is 7.99. The molecule has 7 nitrogen and oxygen atoms in total. The van der Waals surface area contributed by atoms with E-state index in [9.17, 15) is 13.2 Å². The summed E-state index contributed by atoms with van der Waals surface area (Å²) in [7, 11) is -3.73. The smallest absolute Gasteiger partial charge is 0.317 e. The van der Waals surface area contributed by atoms with Crippen LogP contribution in [-0.2, 0) is 10.0 Å². The number of nitrogens with zero attached hydrogens (tertiary/aromatic N) is 3. The van der Waals surface area contributed by atoms with E-state index >= 15 is 0 Å². The number of hydrogen-bond donors (Lipinski definition) is 1. The zero-order chi connectivity index (χ0) is 29.6. The normalized spacial score (nSPS) is 22.6. The molecular weight excluding hydrogens is 579 g/mol. The fraction of sp³-hybridized carbons (Fsp3) is 0.710. The van der Waals surface area contributed by atoms with Gasteiger partial charge in [0.15, 0.2) is 0 Å². The number of hydrogen-bond acceptors (Lipinski definition) is 4. The Balaban J connectivity index is 1.31. The number of carbonyl (C=O) groups excluding carboxylic acids is 1. The van der Waals surface area contributed by atoms with E-state index in [1.807, 2.05) is 4.90 Å². The van der Waals surface area contributed by atoms with Crippen LogP contribution in [0.4, 0.5) is 4.79 Å². The highest BCUT2D eigenvalue weighted by molar-refractivity contribution is 7.89. The predicted molar refractivity (Wildman–Crippen MR) is 168 cm³/mol.